The van der Waals surface area contributed by atoms with Gasteiger partial charge in [-0.2, -0.15) is 0 Å². The summed E-state index contributed by atoms with van der Waals surface area (Å²) < 4.78 is 0. The van der Waals surface area contributed by atoms with E-state index in [4.69, 9.17) is 0 Å². The first kappa shape index (κ1) is 48.4. The smallest absolute Gasteiger partial charge is 0.251 e. The Labute approximate surface area is 421 Å². The van der Waals surface area contributed by atoms with E-state index in [1.165, 1.54) is 0 Å². The molecule has 0 aliphatic heterocycles. The molecule has 0 aromatic heterocycles. The van der Waals surface area contributed by atoms with Gasteiger partial charge >= 0.3 is 0 Å². The van der Waals surface area contributed by atoms with Crippen LogP contribution in [0.15, 0.2) is 194 Å². The number of benzene rings is 9. The lowest BCUT2D eigenvalue weighted by Gasteiger charge is -2.24. The van der Waals surface area contributed by atoms with Crippen molar-refractivity contribution in [3.8, 4) is 44.5 Å². The third-order valence-corrected chi connectivity index (χ3v) is 13.4. The van der Waals surface area contributed by atoms with Gasteiger partial charge in [-0.05, 0) is 104 Å². The van der Waals surface area contributed by atoms with Gasteiger partial charge in [-0.1, -0.05) is 198 Å². The summed E-state index contributed by atoms with van der Waals surface area (Å²) in [7, 11) is 0. The molecule has 4 N–H and O–H groups in total. The average molecular weight is 947 g/mol. The highest BCUT2D eigenvalue weighted by atomic mass is 16.2. The predicted molar refractivity (Wildman–Crippen MR) is 295 cm³/mol. The zero-order valence-electron chi connectivity index (χ0n) is 41.4. The molecule has 8 heteroatoms. The van der Waals surface area contributed by atoms with Crippen LogP contribution in [0.2, 0.25) is 0 Å². The number of carbonyl (C=O) groups is 4. The van der Waals surface area contributed by atoms with Crippen LogP contribution in [0.4, 0.5) is 11.4 Å². The lowest BCUT2D eigenvalue weighted by atomic mass is 9.87. The topological polar surface area (TPSA) is 116 Å². The van der Waals surface area contributed by atoms with Crippen LogP contribution in [0, 0.1) is 11.8 Å². The minimum absolute atomic E-state index is 0.164. The molecular weight excluding hydrogens is 889 g/mol. The average Bonchev–Trinajstić information content (AvgIpc) is 3.41. The summed E-state index contributed by atoms with van der Waals surface area (Å²) in [5.74, 6) is -1.48. The molecule has 0 radical (unpaired) electrons. The van der Waals surface area contributed by atoms with Crippen molar-refractivity contribution in [1.29, 1.82) is 0 Å². The highest BCUT2D eigenvalue weighted by Crippen LogP contribution is 2.48. The molecule has 9 aromatic carbocycles. The zero-order valence-corrected chi connectivity index (χ0v) is 41.4. The summed E-state index contributed by atoms with van der Waals surface area (Å²) in [6.45, 7) is 11.3. The molecule has 2 atom stereocenters. The third-order valence-electron chi connectivity index (χ3n) is 13.4. The van der Waals surface area contributed by atoms with Gasteiger partial charge in [0, 0.05) is 34.1 Å². The van der Waals surface area contributed by atoms with Crippen LogP contribution in [0.1, 0.15) is 85.5 Å². The van der Waals surface area contributed by atoms with Gasteiger partial charge in [0.25, 0.3) is 11.8 Å². The summed E-state index contributed by atoms with van der Waals surface area (Å²) in [5, 5.41) is 16.7. The Morgan fingerprint density at radius 1 is 0.333 bits per heavy atom. The van der Waals surface area contributed by atoms with Gasteiger partial charge in [-0.25, -0.2) is 0 Å². The van der Waals surface area contributed by atoms with Crippen LogP contribution in [0.5, 0.6) is 0 Å². The number of fused-ring (bicyclic) bond motifs is 2. The number of hydrogen-bond donors (Lipinski definition) is 4. The van der Waals surface area contributed by atoms with E-state index in [0.717, 1.165) is 77.2 Å². The fourth-order valence-corrected chi connectivity index (χ4v) is 9.27. The van der Waals surface area contributed by atoms with Crippen molar-refractivity contribution >= 4 is 56.5 Å². The molecule has 8 nitrogen and oxygen atoms in total. The third kappa shape index (κ3) is 10.2. The summed E-state index contributed by atoms with van der Waals surface area (Å²) in [6.07, 6.45) is 0. The van der Waals surface area contributed by atoms with Gasteiger partial charge in [0.1, 0.15) is 0 Å². The number of carbonyl (C=O) groups excluding carboxylic acids is 4. The van der Waals surface area contributed by atoms with E-state index in [2.05, 4.69) is 69.8 Å². The lowest BCUT2D eigenvalue weighted by Crippen LogP contribution is -2.26. The minimum Gasteiger partial charge on any atom is -0.346 e. The number of hydrogen-bond acceptors (Lipinski definition) is 4. The van der Waals surface area contributed by atoms with Gasteiger partial charge in [0.05, 0.1) is 23.5 Å². The van der Waals surface area contributed by atoms with Gasteiger partial charge in [0.15, 0.2) is 0 Å². The highest BCUT2D eigenvalue weighted by molar-refractivity contribution is 6.17. The Kier molecular flexibility index (Phi) is 14.2. The molecule has 0 aliphatic rings. The van der Waals surface area contributed by atoms with Crippen molar-refractivity contribution < 1.29 is 19.2 Å². The Bertz CT molecular complexity index is 3220. The first-order valence-corrected chi connectivity index (χ1v) is 24.6. The van der Waals surface area contributed by atoms with Crippen molar-refractivity contribution in [2.24, 2.45) is 11.8 Å². The van der Waals surface area contributed by atoms with Gasteiger partial charge in [0.2, 0.25) is 11.8 Å². The molecule has 0 unspecified atom stereocenters. The molecule has 9 aromatic rings. The molecule has 0 bridgehead atoms. The Morgan fingerprint density at radius 3 is 1.00 bits per heavy atom. The van der Waals surface area contributed by atoms with E-state index >= 15 is 0 Å². The molecular formula is C64H58N4O4. The molecule has 4 amide bonds. The van der Waals surface area contributed by atoms with E-state index in [0.29, 0.717) is 22.5 Å². The fraction of sp³-hybridized carbons (Fsp3) is 0.156. The quantitative estimate of drug-likeness (QED) is 0.0869. The van der Waals surface area contributed by atoms with Crippen LogP contribution < -0.4 is 21.3 Å². The van der Waals surface area contributed by atoms with Gasteiger partial charge < -0.3 is 21.3 Å². The summed E-state index contributed by atoms with van der Waals surface area (Å²) in [6, 6.07) is 63.4. The standard InChI is InChI=1S/C64H58N4O4/c1-39(2)61(69)67-59-55(53-27-15-23-47-21-13-25-51(57(47)53)45-29-33-49(34-30-45)63(71)65-41(5)43-17-9-7-10-18-43)37-38-56(60(59)68-62(70)40(3)4)54-28-16-24-48-22-14-26-52(58(48)54)46-31-35-50(36-32-46)64(72)66-42(6)44-19-11-8-12-20-44/h7-42H,1-6H3,(H,65,71)(H,66,72)(H,67,69)(H,68,70)/t41-,42-/m1/s1. The SMILES string of the molecule is CC(C)C(=O)Nc1c(-c2cccc3cccc(-c4ccc(C(=O)N[C@H](C)c5ccccc5)cc4)c23)ccc(-c2cccc3cccc(-c4ccc(C(=O)N[C@H](C)c5ccccc5)cc4)c23)c1NC(=O)C(C)C. The maximum Gasteiger partial charge on any atom is 0.251 e. The molecule has 0 saturated heterocycles. The molecule has 0 fully saturated rings. The molecule has 0 saturated carbocycles. The highest BCUT2D eigenvalue weighted by Gasteiger charge is 2.25. The van der Waals surface area contributed by atoms with E-state index in [9.17, 15) is 19.2 Å². The molecule has 358 valence electrons. The monoisotopic (exact) mass is 946 g/mol. The zero-order chi connectivity index (χ0) is 50.5. The van der Waals surface area contributed by atoms with Crippen LogP contribution in [0.25, 0.3) is 66.1 Å². The minimum atomic E-state index is -0.375. The van der Waals surface area contributed by atoms with E-state index in [-0.39, 0.29) is 47.5 Å². The first-order valence-electron chi connectivity index (χ1n) is 24.6. The molecule has 0 spiro atoms. The number of nitrogens with one attached hydrogen (secondary N) is 4. The second-order valence-electron chi connectivity index (χ2n) is 19.0. The maximum absolute atomic E-state index is 14.1. The van der Waals surface area contributed by atoms with Crippen molar-refractivity contribution in [2.45, 2.75) is 53.6 Å². The van der Waals surface area contributed by atoms with E-state index in [1.807, 2.05) is 187 Å². The van der Waals surface area contributed by atoms with Crippen LogP contribution in [-0.2, 0) is 9.59 Å². The Morgan fingerprint density at radius 2 is 0.667 bits per heavy atom. The van der Waals surface area contributed by atoms with Crippen LogP contribution in [0.3, 0.4) is 0 Å². The van der Waals surface area contributed by atoms with Gasteiger partial charge in [-0.15, -0.1) is 0 Å². The van der Waals surface area contributed by atoms with Crippen LogP contribution in [-0.4, -0.2) is 23.6 Å². The summed E-state index contributed by atoms with van der Waals surface area (Å²) in [4.78, 5) is 55.1. The van der Waals surface area contributed by atoms with E-state index in [1.54, 1.807) is 0 Å². The Hall–Kier alpha value is -8.62. The number of anilines is 2. The molecule has 72 heavy (non-hydrogen) atoms. The largest absolute Gasteiger partial charge is 0.346 e. The second kappa shape index (κ2) is 21.2. The molecule has 0 heterocycles. The van der Waals surface area contributed by atoms with Crippen molar-refractivity contribution in [3.63, 3.8) is 0 Å². The van der Waals surface area contributed by atoms with Crippen molar-refractivity contribution in [2.75, 3.05) is 10.6 Å². The first-order chi connectivity index (χ1) is 34.9. The lowest BCUT2D eigenvalue weighted by molar-refractivity contribution is -0.119. The Balaban J connectivity index is 1.16. The van der Waals surface area contributed by atoms with Crippen molar-refractivity contribution in [1.82, 2.24) is 10.6 Å². The maximum atomic E-state index is 14.1. The molecule has 0 aliphatic carbocycles. The van der Waals surface area contributed by atoms with Crippen molar-refractivity contribution in [3.05, 3.63) is 216 Å². The predicted octanol–water partition coefficient (Wildman–Crippen LogP) is 14.8. The number of amides is 4. The number of rotatable bonds is 14. The van der Waals surface area contributed by atoms with Crippen LogP contribution >= 0.6 is 0 Å². The normalized spacial score (nSPS) is 12.1. The van der Waals surface area contributed by atoms with E-state index < -0.39 is 0 Å². The molecule has 9 rings (SSSR count). The summed E-state index contributed by atoms with van der Waals surface area (Å²) in [5.41, 5.74) is 11.0. The summed E-state index contributed by atoms with van der Waals surface area (Å²) >= 11 is 0. The fourth-order valence-electron chi connectivity index (χ4n) is 9.27. The second-order valence-corrected chi connectivity index (χ2v) is 19.0. The van der Waals surface area contributed by atoms with Gasteiger partial charge in [-0.3, -0.25) is 19.2 Å².